The van der Waals surface area contributed by atoms with Crippen LogP contribution in [0.1, 0.15) is 51.2 Å². The average Bonchev–Trinajstić information content (AvgIpc) is 2.81. The molecule has 0 radical (unpaired) electrons. The second-order valence-electron chi connectivity index (χ2n) is 7.68. The van der Waals surface area contributed by atoms with E-state index in [1.807, 2.05) is 76.0 Å². The molecule has 0 amide bonds. The van der Waals surface area contributed by atoms with E-state index in [1.165, 1.54) is 0 Å². The van der Waals surface area contributed by atoms with Crippen LogP contribution in [-0.2, 0) is 11.3 Å². The summed E-state index contributed by atoms with van der Waals surface area (Å²) in [6.07, 6.45) is 5.29. The number of aliphatic hydroxyl groups excluding tert-OH is 1. The summed E-state index contributed by atoms with van der Waals surface area (Å²) in [5.74, 6) is 4.78. The Morgan fingerprint density at radius 3 is 2.74 bits per heavy atom. The molecule has 3 N–H and O–H groups in total. The van der Waals surface area contributed by atoms with Crippen LogP contribution in [0, 0.1) is 0 Å². The number of carbonyl (C=O) groups is 1. The normalized spacial score (nSPS) is 11.6. The average molecular weight is 415 g/mol. The summed E-state index contributed by atoms with van der Waals surface area (Å²) in [6, 6.07) is 9.76. The quantitative estimate of drug-likeness (QED) is 0.413. The molecule has 0 spiro atoms. The summed E-state index contributed by atoms with van der Waals surface area (Å²) in [4.78, 5) is 12.7. The van der Waals surface area contributed by atoms with Crippen molar-refractivity contribution in [3.05, 3.63) is 59.5 Å². The Hall–Kier alpha value is -2.24. The van der Waals surface area contributed by atoms with E-state index in [0.717, 1.165) is 52.4 Å². The fourth-order valence-corrected chi connectivity index (χ4v) is 3.70. The molecule has 1 aromatic carbocycles. The molecule has 0 saturated carbocycles. The van der Waals surface area contributed by atoms with Gasteiger partial charge in [0.25, 0.3) is 0 Å². The molecular weight excluding hydrogens is 383 g/mol. The molecule has 0 saturated heterocycles. The molecule has 1 heterocycles. The van der Waals surface area contributed by atoms with Gasteiger partial charge in [-0.3, -0.25) is 0 Å². The van der Waals surface area contributed by atoms with Crippen LogP contribution in [0.15, 0.2) is 48.3 Å². The number of ether oxygens (including phenoxy) is 1. The fourth-order valence-electron chi connectivity index (χ4n) is 3.70. The third kappa shape index (κ3) is 7.15. The van der Waals surface area contributed by atoms with Crippen molar-refractivity contribution in [3.63, 3.8) is 0 Å². The first kappa shape index (κ1) is 25.0. The van der Waals surface area contributed by atoms with Crippen LogP contribution in [0.2, 0.25) is 0 Å². The predicted molar refractivity (Wildman–Crippen MR) is 135 cm³/mol. The van der Waals surface area contributed by atoms with Gasteiger partial charge in [-0.05, 0) is 0 Å². The van der Waals surface area contributed by atoms with Crippen LogP contribution in [0.3, 0.4) is 0 Å². The summed E-state index contributed by atoms with van der Waals surface area (Å²) >= 11 is 0. The van der Waals surface area contributed by atoms with Gasteiger partial charge in [0.05, 0.1) is 0 Å². The van der Waals surface area contributed by atoms with E-state index in [0.29, 0.717) is 13.2 Å². The number of carbonyl (C=O) groups excluding carboxylic acids is 1. The molecule has 0 atom stereocenters. The molecule has 2 aromatic rings. The molecule has 4 nitrogen and oxygen atoms in total. The molecule has 2 rings (SSSR count). The number of hydrogen-bond donors (Lipinski definition) is 2. The van der Waals surface area contributed by atoms with E-state index < -0.39 is 13.3 Å². The SMILES string of the molecule is C/C=C(\B=C(C)B(C(=O)CO)c1ccc(OCCCCC)c(CN)c1)c1cbccc1. The molecule has 31 heavy (non-hydrogen) atoms. The van der Waals surface area contributed by atoms with Crippen LogP contribution in [0.4, 0.5) is 0 Å². The zero-order valence-corrected chi connectivity index (χ0v) is 18.9. The van der Waals surface area contributed by atoms with Crippen LogP contribution in [0.5, 0.6) is 5.75 Å². The molecule has 0 aliphatic heterocycles. The second-order valence-corrected chi connectivity index (χ2v) is 7.68. The molecule has 160 valence electrons. The minimum absolute atomic E-state index is 0.239. The van der Waals surface area contributed by atoms with Crippen molar-refractivity contribution in [3.8, 4) is 5.75 Å². The number of allylic oxidation sites excluding steroid dienone is 1. The Bertz CT molecular complexity index is 914. The maximum atomic E-state index is 12.7. The summed E-state index contributed by atoms with van der Waals surface area (Å²) in [7, 11) is 0. The molecule has 0 bridgehead atoms. The van der Waals surface area contributed by atoms with Crippen molar-refractivity contribution in [2.24, 2.45) is 5.73 Å². The Morgan fingerprint density at radius 1 is 1.32 bits per heavy atom. The van der Waals surface area contributed by atoms with Gasteiger partial charge >= 0.3 is 188 Å². The zero-order chi connectivity index (χ0) is 22.6. The van der Waals surface area contributed by atoms with Crippen molar-refractivity contribution >= 4 is 42.5 Å². The van der Waals surface area contributed by atoms with Gasteiger partial charge in [-0.1, -0.05) is 0 Å². The van der Waals surface area contributed by atoms with E-state index in [9.17, 15) is 9.90 Å². The van der Waals surface area contributed by atoms with Crippen molar-refractivity contribution in [2.75, 3.05) is 13.2 Å². The minimum atomic E-state index is -0.539. The number of unbranched alkanes of at least 4 members (excludes halogenated alkanes) is 2. The molecule has 0 unspecified atom stereocenters. The summed E-state index contributed by atoms with van der Waals surface area (Å²) < 4.78 is 5.91. The number of hydrogen-bond acceptors (Lipinski definition) is 4. The topological polar surface area (TPSA) is 72.5 Å². The monoisotopic (exact) mass is 415 g/mol. The molecular formula is C24H32B3NO3. The third-order valence-electron chi connectivity index (χ3n) is 5.38. The Labute approximate surface area is 188 Å². The van der Waals surface area contributed by atoms with Gasteiger partial charge in [0, 0.05) is 0 Å². The molecule has 7 heteroatoms. The van der Waals surface area contributed by atoms with Gasteiger partial charge in [0.1, 0.15) is 0 Å². The van der Waals surface area contributed by atoms with Crippen LogP contribution in [-0.4, -0.2) is 49.9 Å². The first-order valence-electron chi connectivity index (χ1n) is 11.0. The van der Waals surface area contributed by atoms with Gasteiger partial charge in [-0.15, -0.1) is 0 Å². The number of rotatable bonds is 12. The first-order chi connectivity index (χ1) is 15.0. The van der Waals surface area contributed by atoms with Gasteiger partial charge in [0.2, 0.25) is 0 Å². The number of aliphatic hydroxyl groups is 1. The molecule has 0 aliphatic carbocycles. The first-order valence-corrected chi connectivity index (χ1v) is 11.0. The van der Waals surface area contributed by atoms with Crippen LogP contribution in [0.25, 0.3) is 5.47 Å². The van der Waals surface area contributed by atoms with Crippen molar-refractivity contribution in [1.82, 2.24) is 0 Å². The van der Waals surface area contributed by atoms with Gasteiger partial charge in [-0.25, -0.2) is 0 Å². The third-order valence-corrected chi connectivity index (χ3v) is 5.38. The zero-order valence-electron chi connectivity index (χ0n) is 18.9. The summed E-state index contributed by atoms with van der Waals surface area (Å²) in [6.45, 7) is 10.0. The second kappa shape index (κ2) is 13.2. The van der Waals surface area contributed by atoms with E-state index in [1.54, 1.807) is 0 Å². The van der Waals surface area contributed by atoms with E-state index in [-0.39, 0.29) is 5.68 Å². The summed E-state index contributed by atoms with van der Waals surface area (Å²) in [5, 5.41) is 10.5. The Morgan fingerprint density at radius 2 is 2.13 bits per heavy atom. The van der Waals surface area contributed by atoms with Crippen molar-refractivity contribution < 1.29 is 14.6 Å². The molecule has 1 aromatic heterocycles. The van der Waals surface area contributed by atoms with Crippen LogP contribution < -0.4 is 15.9 Å². The summed E-state index contributed by atoms with van der Waals surface area (Å²) in [5.41, 5.74) is 9.53. The fraction of sp³-hybridized carbons (Fsp3) is 0.375. The maximum absolute atomic E-state index is 12.7. The van der Waals surface area contributed by atoms with Crippen molar-refractivity contribution in [2.45, 2.75) is 46.6 Å². The number of nitrogens with two attached hydrogens (primary N) is 1. The van der Waals surface area contributed by atoms with E-state index in [4.69, 9.17) is 10.5 Å². The van der Waals surface area contributed by atoms with Crippen LogP contribution >= 0.6 is 0 Å². The Balaban J connectivity index is 2.36. The van der Waals surface area contributed by atoms with Gasteiger partial charge in [0.15, 0.2) is 0 Å². The van der Waals surface area contributed by atoms with Gasteiger partial charge < -0.3 is 0 Å². The van der Waals surface area contributed by atoms with E-state index in [2.05, 4.69) is 6.92 Å². The van der Waals surface area contributed by atoms with Crippen molar-refractivity contribution in [1.29, 1.82) is 0 Å². The number of benzene rings is 1. The Kier molecular flexibility index (Phi) is 10.7. The molecule has 0 fully saturated rings. The van der Waals surface area contributed by atoms with E-state index >= 15 is 0 Å². The van der Waals surface area contributed by atoms with Gasteiger partial charge in [-0.2, -0.15) is 0 Å². The molecule has 0 aliphatic rings. The predicted octanol–water partition coefficient (Wildman–Crippen LogP) is 2.35. The standard InChI is InChI=1S/C24H32B3NO3/c1-4-6-7-13-31-23-11-10-21(14-20(23)16-28)27(24(30)17-29)18(3)26-22(5-2)19-9-8-12-25-15-19/h5,8-12,14-15,29H,4,6-7,13,16-17,28H2,1-3H3/b22-5-.